The summed E-state index contributed by atoms with van der Waals surface area (Å²) in [5.74, 6) is 1.43. The van der Waals surface area contributed by atoms with Gasteiger partial charge in [0.25, 0.3) is 6.47 Å². The number of anilines is 2. The number of nitrogens with one attached hydrogen (secondary N) is 1. The first-order valence-corrected chi connectivity index (χ1v) is 9.02. The van der Waals surface area contributed by atoms with Gasteiger partial charge in [-0.3, -0.25) is 14.0 Å². The molecule has 2 aromatic heterocycles. The molecule has 14 heteroatoms. The van der Waals surface area contributed by atoms with Gasteiger partial charge in [-0.05, 0) is 33.8 Å². The minimum Gasteiger partial charge on any atom is -1.00 e. The number of hydrogen-bond acceptors (Lipinski definition) is 10. The van der Waals surface area contributed by atoms with Crippen LogP contribution in [0.2, 0.25) is 0 Å². The number of hydrogen-bond donors (Lipinski definition) is 4. The molecule has 1 saturated heterocycles. The van der Waals surface area contributed by atoms with Crippen molar-refractivity contribution in [2.24, 2.45) is 0 Å². The SMILES string of the molecule is CC(C)(O)COc1ccnc(N)c1.CC1(C)CO1.Nc1cc(=O)cc[nH]1.O=CO[O-].[2H]CF.[Cs+].[Cs+].[H-]. The Hall–Kier alpha value is 0.884. The Morgan fingerprint density at radius 1 is 1.41 bits per heavy atom. The zero-order chi connectivity index (χ0) is 25.9. The molecule has 0 radical (unpaired) electrons. The zero-order valence-corrected chi connectivity index (χ0v) is 33.1. The maximum Gasteiger partial charge on any atom is 1.00 e. The third-order valence-electron chi connectivity index (χ3n) is 2.90. The fraction of sp³-hybridized carbons (Fsp3) is 0.450. The standard InChI is InChI=1S/C9H14N2O2.C5H6N2O.C4H8O.CH3F.CH2O3.2Cs.H/c1-9(2,12)6-13-7-3-4-11-8(10)5-7;6-5-3-4(8)1-2-7-5;1-4(2)3-5-4;1-2;2-1-4-3;;;/h3-5,12H,6H2,1-2H3,(H2,10,11);1-3H,(H3,6,7,8);3H2,1-2H3;1H3;1,3H;;;/q;;;;;2*+1;-1/p-1/i;;;1D;;;;. The number of ether oxygens (including phenoxy) is 2. The Bertz CT molecular complexity index is 842. The van der Waals surface area contributed by atoms with Crippen LogP contribution in [0.5, 0.6) is 5.75 Å². The van der Waals surface area contributed by atoms with E-state index < -0.39 is 12.8 Å². The van der Waals surface area contributed by atoms with Gasteiger partial charge in [-0.2, -0.15) is 0 Å². The number of carbonyl (C=O) groups excluding carboxylic acids is 1. The van der Waals surface area contributed by atoms with Crippen LogP contribution in [-0.2, 0) is 14.4 Å². The summed E-state index contributed by atoms with van der Waals surface area (Å²) in [5, 5.41) is 17.8. The van der Waals surface area contributed by atoms with Crippen molar-refractivity contribution in [2.45, 2.75) is 38.9 Å². The first-order valence-electron chi connectivity index (χ1n) is 9.73. The normalized spacial score (nSPS) is 12.0. The molecule has 11 nitrogen and oxygen atoms in total. The van der Waals surface area contributed by atoms with E-state index in [1.54, 1.807) is 32.2 Å². The molecule has 1 aliphatic heterocycles. The van der Waals surface area contributed by atoms with E-state index in [1.165, 1.54) is 18.3 Å². The second-order valence-corrected chi connectivity index (χ2v) is 7.24. The molecule has 0 bridgehead atoms. The van der Waals surface area contributed by atoms with Gasteiger partial charge in [0, 0.05) is 30.6 Å². The average Bonchev–Trinajstić information content (AvgIpc) is 3.42. The second kappa shape index (κ2) is 24.2. The van der Waals surface area contributed by atoms with Crippen LogP contribution in [0.25, 0.3) is 0 Å². The van der Waals surface area contributed by atoms with Crippen molar-refractivity contribution in [1.82, 2.24) is 9.97 Å². The number of rotatable bonds is 4. The molecule has 184 valence electrons. The Morgan fingerprint density at radius 3 is 2.21 bits per heavy atom. The number of aromatic amines is 1. The Kier molecular flexibility index (Phi) is 28.1. The summed E-state index contributed by atoms with van der Waals surface area (Å²) in [6.45, 7) is 8.51. The van der Waals surface area contributed by atoms with Crippen LogP contribution in [-0.4, -0.2) is 53.1 Å². The van der Waals surface area contributed by atoms with E-state index in [0.717, 1.165) is 6.61 Å². The molecule has 2 aromatic rings. The number of alkyl halides is 1. The van der Waals surface area contributed by atoms with Gasteiger partial charge < -0.3 is 42.6 Å². The van der Waals surface area contributed by atoms with Gasteiger partial charge in [0.2, 0.25) is 0 Å². The molecule has 0 aromatic carbocycles. The van der Waals surface area contributed by atoms with E-state index in [0.29, 0.717) is 17.4 Å². The number of aliphatic hydroxyl groups is 1. The summed E-state index contributed by atoms with van der Waals surface area (Å²) in [7, 11) is -1.00. The second-order valence-electron chi connectivity index (χ2n) is 7.24. The van der Waals surface area contributed by atoms with Gasteiger partial charge in [-0.25, -0.2) is 4.98 Å². The van der Waals surface area contributed by atoms with E-state index in [4.69, 9.17) is 32.4 Å². The average molecular weight is 727 g/mol. The summed E-state index contributed by atoms with van der Waals surface area (Å²) in [5.41, 5.74) is 9.99. The molecule has 0 amide bonds. The maximum absolute atomic E-state index is 10.4. The van der Waals surface area contributed by atoms with Gasteiger partial charge in [0.15, 0.2) is 5.43 Å². The van der Waals surface area contributed by atoms with E-state index in [9.17, 15) is 14.3 Å². The molecule has 0 saturated carbocycles. The molecule has 3 heterocycles. The third kappa shape index (κ3) is 30.9. The Labute approximate surface area is 319 Å². The number of nitrogens with zero attached hydrogens (tertiary/aromatic N) is 1. The third-order valence-corrected chi connectivity index (χ3v) is 2.90. The maximum atomic E-state index is 10.4. The van der Waals surface area contributed by atoms with Crippen LogP contribution in [0.4, 0.5) is 16.0 Å². The van der Waals surface area contributed by atoms with Crippen molar-refractivity contribution in [3.05, 3.63) is 46.9 Å². The van der Waals surface area contributed by atoms with Gasteiger partial charge in [0.1, 0.15) is 24.0 Å². The van der Waals surface area contributed by atoms with Crippen LogP contribution in [0.1, 0.15) is 30.5 Å². The molecule has 34 heavy (non-hydrogen) atoms. The summed E-state index contributed by atoms with van der Waals surface area (Å²) in [6.07, 6.45) is 3.08. The summed E-state index contributed by atoms with van der Waals surface area (Å²) >= 11 is 0. The summed E-state index contributed by atoms with van der Waals surface area (Å²) < 4.78 is 25.7. The monoisotopic (exact) mass is 727 g/mol. The minimum absolute atomic E-state index is 0. The Morgan fingerprint density at radius 2 is 1.91 bits per heavy atom. The number of nitrogen functional groups attached to an aromatic ring is 2. The molecule has 0 atom stereocenters. The predicted molar refractivity (Wildman–Crippen MR) is 117 cm³/mol. The number of epoxide rings is 1. The van der Waals surface area contributed by atoms with E-state index in [-0.39, 0.29) is 163 Å². The van der Waals surface area contributed by atoms with Crippen molar-refractivity contribution in [1.29, 1.82) is 0 Å². The fourth-order valence-corrected chi connectivity index (χ4v) is 1.39. The minimum atomic E-state index is -1.00. The molecular weight excluding hydrogens is 693 g/mol. The Balaban J connectivity index is -0.000000121. The van der Waals surface area contributed by atoms with Crippen molar-refractivity contribution in [2.75, 3.05) is 31.8 Å². The number of aromatic nitrogens is 2. The van der Waals surface area contributed by atoms with Gasteiger partial charge in [-0.1, -0.05) is 0 Å². The summed E-state index contributed by atoms with van der Waals surface area (Å²) in [4.78, 5) is 28.1. The molecule has 0 spiro atoms. The van der Waals surface area contributed by atoms with E-state index >= 15 is 0 Å². The first kappa shape index (κ1) is 39.4. The van der Waals surface area contributed by atoms with Crippen LogP contribution < -0.4 is 165 Å². The number of pyridine rings is 2. The smallest absolute Gasteiger partial charge is 1.00 e. The van der Waals surface area contributed by atoms with Crippen molar-refractivity contribution in [3.63, 3.8) is 0 Å². The number of halogens is 1. The largest absolute Gasteiger partial charge is 1.00 e. The number of carbonyl (C=O) groups is 1. The van der Waals surface area contributed by atoms with Crippen LogP contribution in [0, 0.1) is 0 Å². The quantitative estimate of drug-likeness (QED) is 0.103. The number of H-pyrrole nitrogens is 1. The molecule has 0 unspecified atom stereocenters. The number of nitrogens with two attached hydrogens (primary N) is 2. The molecule has 3 rings (SSSR count). The van der Waals surface area contributed by atoms with Gasteiger partial charge >= 0.3 is 138 Å². The summed E-state index contributed by atoms with van der Waals surface area (Å²) in [6, 6.07) is 6.06. The van der Waals surface area contributed by atoms with Crippen LogP contribution >= 0.6 is 0 Å². The van der Waals surface area contributed by atoms with Gasteiger partial charge in [0.05, 0.1) is 26.3 Å². The molecule has 1 fully saturated rings. The molecule has 6 N–H and O–H groups in total. The van der Waals surface area contributed by atoms with Crippen molar-refractivity contribution in [3.8, 4) is 5.75 Å². The van der Waals surface area contributed by atoms with Crippen LogP contribution in [0.15, 0.2) is 41.5 Å². The van der Waals surface area contributed by atoms with E-state index in [1.807, 2.05) is 0 Å². The first-order chi connectivity index (χ1) is 15.3. The molecule has 1 aliphatic rings. The van der Waals surface area contributed by atoms with Gasteiger partial charge in [-0.15, -0.1) is 0 Å². The molecule has 0 aliphatic carbocycles. The molecular formula is C20H33Cs2FN4O7. The van der Waals surface area contributed by atoms with Crippen molar-refractivity contribution >= 4 is 18.1 Å². The predicted octanol–water partition coefficient (Wildman–Crippen LogP) is -5.29. The zero-order valence-electron chi connectivity index (χ0n) is 22.5. The fourth-order valence-electron chi connectivity index (χ4n) is 1.39. The topological polar surface area (TPSA) is 189 Å². The van der Waals surface area contributed by atoms with Crippen molar-refractivity contribution < 1.29 is 174 Å². The van der Waals surface area contributed by atoms with E-state index in [2.05, 4.69) is 28.7 Å². The van der Waals surface area contributed by atoms with Crippen LogP contribution in [0.3, 0.4) is 0 Å².